The summed E-state index contributed by atoms with van der Waals surface area (Å²) in [5, 5.41) is 6.01. The molecule has 9 heteroatoms. The van der Waals surface area contributed by atoms with Crippen LogP contribution in [0.1, 0.15) is 24.3 Å². The van der Waals surface area contributed by atoms with Gasteiger partial charge in [0.25, 0.3) is 5.91 Å². The Morgan fingerprint density at radius 3 is 2.30 bits per heavy atom. The molecule has 0 aliphatic heterocycles. The Hall–Kier alpha value is -4.01. The van der Waals surface area contributed by atoms with Gasteiger partial charge in [-0.2, -0.15) is 0 Å². The molecule has 30 heavy (non-hydrogen) atoms. The predicted molar refractivity (Wildman–Crippen MR) is 115 cm³/mol. The molecule has 0 aliphatic carbocycles. The van der Waals surface area contributed by atoms with E-state index in [4.69, 9.17) is 11.5 Å². The fraction of sp³-hybridized carbons (Fsp3) is 0.190. The Morgan fingerprint density at radius 1 is 1.00 bits per heavy atom. The van der Waals surface area contributed by atoms with Crippen LogP contribution in [0, 0.1) is 5.92 Å². The van der Waals surface area contributed by atoms with E-state index in [1.165, 1.54) is 6.20 Å². The quantitative estimate of drug-likeness (QED) is 0.449. The lowest BCUT2D eigenvalue weighted by Crippen LogP contribution is -2.39. The fourth-order valence-electron chi connectivity index (χ4n) is 2.85. The molecule has 0 fully saturated rings. The zero-order valence-electron chi connectivity index (χ0n) is 16.7. The van der Waals surface area contributed by atoms with Crippen LogP contribution in [0.4, 0.5) is 17.3 Å². The van der Waals surface area contributed by atoms with Gasteiger partial charge in [-0.1, -0.05) is 32.0 Å². The zero-order valence-corrected chi connectivity index (χ0v) is 16.7. The number of anilines is 3. The lowest BCUT2D eigenvalue weighted by atomic mass is 10.0. The standard InChI is InChI=1S/C21H23N7O2/c1-12(2)17(19(22)29)27-16-11-25-18(20(23)30)21(28-16)26-14-8-6-13(7-9-14)15-5-3-4-10-24-15/h3-12,17H,1-2H3,(H2,22,29)(H2,23,30)(H2,26,27,28). The normalized spacial score (nSPS) is 11.7. The molecule has 1 atom stereocenters. The largest absolute Gasteiger partial charge is 0.368 e. The number of rotatable bonds is 8. The van der Waals surface area contributed by atoms with E-state index >= 15 is 0 Å². The van der Waals surface area contributed by atoms with Crippen molar-refractivity contribution in [3.05, 3.63) is 60.6 Å². The van der Waals surface area contributed by atoms with Crippen molar-refractivity contribution >= 4 is 29.1 Å². The summed E-state index contributed by atoms with van der Waals surface area (Å²) < 4.78 is 0. The first-order chi connectivity index (χ1) is 14.3. The molecule has 0 bridgehead atoms. The number of benzene rings is 1. The summed E-state index contributed by atoms with van der Waals surface area (Å²) in [5.74, 6) is -0.826. The Labute approximate surface area is 173 Å². The van der Waals surface area contributed by atoms with Gasteiger partial charge in [-0.25, -0.2) is 9.97 Å². The Kier molecular flexibility index (Phi) is 6.21. The monoisotopic (exact) mass is 405 g/mol. The number of pyridine rings is 1. The number of hydrogen-bond acceptors (Lipinski definition) is 7. The molecular formula is C21H23N7O2. The molecule has 9 nitrogen and oxygen atoms in total. The number of amides is 2. The molecule has 2 aromatic heterocycles. The van der Waals surface area contributed by atoms with Crippen molar-refractivity contribution in [2.75, 3.05) is 10.6 Å². The van der Waals surface area contributed by atoms with Crippen LogP contribution < -0.4 is 22.1 Å². The van der Waals surface area contributed by atoms with Crippen LogP contribution in [0.5, 0.6) is 0 Å². The van der Waals surface area contributed by atoms with Crippen LogP contribution in [-0.4, -0.2) is 32.8 Å². The molecule has 6 N–H and O–H groups in total. The molecular weight excluding hydrogens is 382 g/mol. The van der Waals surface area contributed by atoms with Crippen LogP contribution in [0.3, 0.4) is 0 Å². The van der Waals surface area contributed by atoms with Crippen molar-refractivity contribution in [1.82, 2.24) is 15.0 Å². The van der Waals surface area contributed by atoms with Gasteiger partial charge in [-0.15, -0.1) is 0 Å². The topological polar surface area (TPSA) is 149 Å². The smallest absolute Gasteiger partial charge is 0.271 e. The Balaban J connectivity index is 1.86. The van der Waals surface area contributed by atoms with E-state index in [1.807, 2.05) is 56.3 Å². The van der Waals surface area contributed by atoms with Gasteiger partial charge in [0.15, 0.2) is 11.5 Å². The average molecular weight is 405 g/mol. The number of carbonyl (C=O) groups is 2. The molecule has 2 heterocycles. The Bertz CT molecular complexity index is 1040. The van der Waals surface area contributed by atoms with E-state index in [9.17, 15) is 9.59 Å². The van der Waals surface area contributed by atoms with Gasteiger partial charge in [0.05, 0.1) is 11.9 Å². The maximum Gasteiger partial charge on any atom is 0.271 e. The molecule has 0 saturated heterocycles. The first kappa shape index (κ1) is 20.7. The first-order valence-corrected chi connectivity index (χ1v) is 9.36. The second-order valence-corrected chi connectivity index (χ2v) is 7.00. The van der Waals surface area contributed by atoms with E-state index < -0.39 is 17.9 Å². The van der Waals surface area contributed by atoms with Crippen LogP contribution in [0.25, 0.3) is 11.3 Å². The highest BCUT2D eigenvalue weighted by Crippen LogP contribution is 2.23. The van der Waals surface area contributed by atoms with Gasteiger partial charge in [-0.05, 0) is 30.2 Å². The molecule has 0 spiro atoms. The number of nitrogens with one attached hydrogen (secondary N) is 2. The van der Waals surface area contributed by atoms with Gasteiger partial charge in [0.2, 0.25) is 5.91 Å². The SMILES string of the molecule is CC(C)C(Nc1cnc(C(N)=O)c(Nc2ccc(-c3ccccn3)cc2)n1)C(N)=O. The summed E-state index contributed by atoms with van der Waals surface area (Å²) in [6.45, 7) is 3.71. The minimum absolute atomic E-state index is 0.0190. The fourth-order valence-corrected chi connectivity index (χ4v) is 2.85. The number of aromatic nitrogens is 3. The number of nitrogens with zero attached hydrogens (tertiary/aromatic N) is 3. The van der Waals surface area contributed by atoms with E-state index in [2.05, 4.69) is 25.6 Å². The molecule has 1 unspecified atom stereocenters. The number of nitrogens with two attached hydrogens (primary N) is 2. The van der Waals surface area contributed by atoms with Gasteiger partial charge in [0.1, 0.15) is 11.9 Å². The number of primary amides is 2. The van der Waals surface area contributed by atoms with Crippen LogP contribution in [0.2, 0.25) is 0 Å². The van der Waals surface area contributed by atoms with Gasteiger partial charge in [0, 0.05) is 17.4 Å². The van der Waals surface area contributed by atoms with Gasteiger partial charge >= 0.3 is 0 Å². The van der Waals surface area contributed by atoms with Crippen molar-refractivity contribution in [3.8, 4) is 11.3 Å². The highest BCUT2D eigenvalue weighted by atomic mass is 16.1. The summed E-state index contributed by atoms with van der Waals surface area (Å²) in [5.41, 5.74) is 13.3. The summed E-state index contributed by atoms with van der Waals surface area (Å²) in [7, 11) is 0. The minimum Gasteiger partial charge on any atom is -0.368 e. The molecule has 1 aromatic carbocycles. The number of hydrogen-bond donors (Lipinski definition) is 4. The van der Waals surface area contributed by atoms with Crippen molar-refractivity contribution in [2.24, 2.45) is 17.4 Å². The zero-order chi connectivity index (χ0) is 21.7. The number of carbonyl (C=O) groups excluding carboxylic acids is 2. The molecule has 3 rings (SSSR count). The summed E-state index contributed by atoms with van der Waals surface area (Å²) in [6, 6.07) is 12.5. The van der Waals surface area contributed by atoms with E-state index in [0.717, 1.165) is 11.3 Å². The second-order valence-electron chi connectivity index (χ2n) is 7.00. The summed E-state index contributed by atoms with van der Waals surface area (Å²) in [6.07, 6.45) is 3.07. The molecule has 0 aliphatic rings. The predicted octanol–water partition coefficient (Wildman–Crippen LogP) is 2.30. The minimum atomic E-state index is -0.725. The summed E-state index contributed by atoms with van der Waals surface area (Å²) in [4.78, 5) is 36.2. The van der Waals surface area contributed by atoms with Gasteiger partial charge in [-0.3, -0.25) is 14.6 Å². The maximum atomic E-state index is 11.8. The highest BCUT2D eigenvalue weighted by molar-refractivity contribution is 5.96. The molecule has 154 valence electrons. The Morgan fingerprint density at radius 2 is 1.73 bits per heavy atom. The van der Waals surface area contributed by atoms with Crippen molar-refractivity contribution in [3.63, 3.8) is 0 Å². The van der Waals surface area contributed by atoms with E-state index in [-0.39, 0.29) is 17.4 Å². The average Bonchev–Trinajstić information content (AvgIpc) is 2.72. The second kappa shape index (κ2) is 8.99. The van der Waals surface area contributed by atoms with Crippen molar-refractivity contribution < 1.29 is 9.59 Å². The molecule has 2 amide bonds. The lowest BCUT2D eigenvalue weighted by molar-refractivity contribution is -0.119. The molecule has 0 saturated carbocycles. The van der Waals surface area contributed by atoms with Crippen LogP contribution >= 0.6 is 0 Å². The van der Waals surface area contributed by atoms with Gasteiger partial charge < -0.3 is 22.1 Å². The lowest BCUT2D eigenvalue weighted by Gasteiger charge is -2.20. The maximum absolute atomic E-state index is 11.8. The third kappa shape index (κ3) is 4.88. The van der Waals surface area contributed by atoms with Crippen LogP contribution in [0.15, 0.2) is 54.9 Å². The third-order valence-electron chi connectivity index (χ3n) is 4.39. The van der Waals surface area contributed by atoms with Crippen molar-refractivity contribution in [1.29, 1.82) is 0 Å². The van der Waals surface area contributed by atoms with E-state index in [0.29, 0.717) is 11.5 Å². The highest BCUT2D eigenvalue weighted by Gasteiger charge is 2.21. The van der Waals surface area contributed by atoms with Crippen molar-refractivity contribution in [2.45, 2.75) is 19.9 Å². The third-order valence-corrected chi connectivity index (χ3v) is 4.39. The molecule has 3 aromatic rings. The first-order valence-electron chi connectivity index (χ1n) is 9.36. The summed E-state index contributed by atoms with van der Waals surface area (Å²) >= 11 is 0. The molecule has 0 radical (unpaired) electrons. The van der Waals surface area contributed by atoms with Crippen LogP contribution in [-0.2, 0) is 4.79 Å². The van der Waals surface area contributed by atoms with E-state index in [1.54, 1.807) is 6.20 Å².